The second-order valence-corrected chi connectivity index (χ2v) is 9.47. The summed E-state index contributed by atoms with van der Waals surface area (Å²) in [5.41, 5.74) is -2.41. The molecule has 0 aliphatic heterocycles. The topological polar surface area (TPSA) is 43.4 Å². The first-order valence-electron chi connectivity index (χ1n) is 9.84. The minimum absolute atomic E-state index is 0.0995. The van der Waals surface area contributed by atoms with Gasteiger partial charge in [-0.3, -0.25) is 0 Å². The number of alkyl halides is 3. The Balaban J connectivity index is 2.09. The number of benzene rings is 2. The molecular formula is C23H25F3O3S. The Morgan fingerprint density at radius 2 is 1.43 bits per heavy atom. The molecule has 0 saturated heterocycles. The maximum Gasteiger partial charge on any atom is 0.534 e. The highest BCUT2D eigenvalue weighted by Crippen LogP contribution is 2.46. The molecule has 0 N–H and O–H groups in total. The van der Waals surface area contributed by atoms with Crippen LogP contribution in [0.1, 0.15) is 41.5 Å². The van der Waals surface area contributed by atoms with E-state index in [1.54, 1.807) is 0 Å². The minimum atomic E-state index is -5.74. The van der Waals surface area contributed by atoms with Gasteiger partial charge in [-0.2, -0.15) is 21.6 Å². The lowest BCUT2D eigenvalue weighted by Gasteiger charge is -2.39. The van der Waals surface area contributed by atoms with Gasteiger partial charge >= 0.3 is 15.6 Å². The summed E-state index contributed by atoms with van der Waals surface area (Å²) < 4.78 is 67.8. The van der Waals surface area contributed by atoms with Crippen molar-refractivity contribution < 1.29 is 25.8 Å². The number of hydrogen-bond acceptors (Lipinski definition) is 3. The van der Waals surface area contributed by atoms with E-state index in [9.17, 15) is 21.6 Å². The van der Waals surface area contributed by atoms with E-state index < -0.39 is 21.0 Å². The van der Waals surface area contributed by atoms with Crippen LogP contribution in [0.25, 0.3) is 0 Å². The molecule has 3 nitrogen and oxygen atoms in total. The molecule has 2 aromatic carbocycles. The third kappa shape index (κ3) is 4.72. The van der Waals surface area contributed by atoms with Gasteiger partial charge in [0.2, 0.25) is 0 Å². The number of rotatable bonds is 6. The van der Waals surface area contributed by atoms with Crippen molar-refractivity contribution in [3.63, 3.8) is 0 Å². The highest BCUT2D eigenvalue weighted by Gasteiger charge is 2.51. The molecule has 1 aliphatic rings. The van der Waals surface area contributed by atoms with Crippen LogP contribution in [-0.4, -0.2) is 13.9 Å². The lowest BCUT2D eigenvalue weighted by molar-refractivity contribution is -0.0536. The van der Waals surface area contributed by atoms with Crippen LogP contribution in [0.3, 0.4) is 0 Å². The maximum atomic E-state index is 13.1. The van der Waals surface area contributed by atoms with Crippen molar-refractivity contribution in [3.05, 3.63) is 82.6 Å². The largest absolute Gasteiger partial charge is 0.534 e. The van der Waals surface area contributed by atoms with Gasteiger partial charge in [0.15, 0.2) is 0 Å². The van der Waals surface area contributed by atoms with Crippen molar-refractivity contribution in [2.24, 2.45) is 5.41 Å². The molecule has 0 atom stereocenters. The summed E-state index contributed by atoms with van der Waals surface area (Å²) in [4.78, 5) is 0. The highest BCUT2D eigenvalue weighted by atomic mass is 32.2. The van der Waals surface area contributed by atoms with Gasteiger partial charge in [0.05, 0.1) is 0 Å². The Labute approximate surface area is 175 Å². The number of hydrogen-bond donors (Lipinski definition) is 0. The van der Waals surface area contributed by atoms with Gasteiger partial charge in [0, 0.05) is 5.41 Å². The van der Waals surface area contributed by atoms with Crippen molar-refractivity contribution in [1.29, 1.82) is 0 Å². The SMILES string of the molecule is Cc1ccccc1CC1(Cc2ccccc2C)CCCC=C1OS(=O)(=O)C(F)(F)F. The van der Waals surface area contributed by atoms with E-state index in [2.05, 4.69) is 0 Å². The first-order chi connectivity index (χ1) is 14.0. The molecule has 7 heteroatoms. The van der Waals surface area contributed by atoms with E-state index in [4.69, 9.17) is 4.18 Å². The molecule has 0 radical (unpaired) electrons. The van der Waals surface area contributed by atoms with Gasteiger partial charge < -0.3 is 4.18 Å². The Morgan fingerprint density at radius 1 is 0.933 bits per heavy atom. The maximum absolute atomic E-state index is 13.1. The van der Waals surface area contributed by atoms with Crippen molar-refractivity contribution in [1.82, 2.24) is 0 Å². The van der Waals surface area contributed by atoms with Crippen LogP contribution in [0.4, 0.5) is 13.2 Å². The Bertz CT molecular complexity index is 992. The van der Waals surface area contributed by atoms with Gasteiger partial charge in [-0.1, -0.05) is 48.5 Å². The third-order valence-electron chi connectivity index (χ3n) is 5.78. The predicted molar refractivity (Wildman–Crippen MR) is 110 cm³/mol. The minimum Gasteiger partial charge on any atom is -0.380 e. The molecule has 1 aliphatic carbocycles. The molecule has 0 fully saturated rings. The lowest BCUT2D eigenvalue weighted by atomic mass is 9.68. The van der Waals surface area contributed by atoms with Crippen molar-refractivity contribution in [2.75, 3.05) is 0 Å². The van der Waals surface area contributed by atoms with Crippen molar-refractivity contribution in [2.45, 2.75) is 51.5 Å². The molecule has 0 spiro atoms. The molecule has 0 amide bonds. The van der Waals surface area contributed by atoms with Gasteiger partial charge in [0.1, 0.15) is 5.76 Å². The summed E-state index contributed by atoms with van der Waals surface area (Å²) >= 11 is 0. The van der Waals surface area contributed by atoms with Crippen LogP contribution in [-0.2, 0) is 27.1 Å². The standard InChI is InChI=1S/C23H25F3O3S/c1-17-9-3-5-11-19(17)15-22(16-20-12-6-4-10-18(20)2)14-8-7-13-21(22)29-30(27,28)23(24,25)26/h3-6,9-13H,7-8,14-16H2,1-2H3. The van der Waals surface area contributed by atoms with E-state index in [-0.39, 0.29) is 5.76 Å². The summed E-state index contributed by atoms with van der Waals surface area (Å²) in [6.45, 7) is 3.88. The molecule has 3 rings (SSSR count). The van der Waals surface area contributed by atoms with Crippen LogP contribution in [0.5, 0.6) is 0 Å². The second kappa shape index (κ2) is 8.46. The van der Waals surface area contributed by atoms with E-state index in [0.29, 0.717) is 25.7 Å². The zero-order valence-corrected chi connectivity index (χ0v) is 17.8. The van der Waals surface area contributed by atoms with Gasteiger partial charge in [-0.05, 0) is 74.3 Å². The predicted octanol–water partition coefficient (Wildman–Crippen LogP) is 6.01. The monoisotopic (exact) mass is 438 g/mol. The molecule has 0 heterocycles. The smallest absolute Gasteiger partial charge is 0.380 e. The molecule has 0 bridgehead atoms. The fraction of sp³-hybridized carbons (Fsp3) is 0.391. The first-order valence-corrected chi connectivity index (χ1v) is 11.3. The normalized spacial score (nSPS) is 16.8. The molecule has 2 aromatic rings. The average Bonchev–Trinajstić information content (AvgIpc) is 2.66. The molecule has 0 unspecified atom stereocenters. The molecular weight excluding hydrogens is 413 g/mol. The second-order valence-electron chi connectivity index (χ2n) is 7.93. The highest BCUT2D eigenvalue weighted by molar-refractivity contribution is 7.87. The van der Waals surface area contributed by atoms with Crippen LogP contribution < -0.4 is 0 Å². The number of halogens is 3. The van der Waals surface area contributed by atoms with E-state index in [1.807, 2.05) is 62.4 Å². The molecule has 162 valence electrons. The van der Waals surface area contributed by atoms with Gasteiger partial charge in [-0.15, -0.1) is 0 Å². The van der Waals surface area contributed by atoms with Crippen molar-refractivity contribution >= 4 is 10.1 Å². The third-order valence-corrected chi connectivity index (χ3v) is 6.74. The van der Waals surface area contributed by atoms with Crippen LogP contribution in [0.2, 0.25) is 0 Å². The first kappa shape index (κ1) is 22.4. The quantitative estimate of drug-likeness (QED) is 0.410. The summed E-state index contributed by atoms with van der Waals surface area (Å²) in [7, 11) is -5.74. The lowest BCUT2D eigenvalue weighted by Crippen LogP contribution is -2.36. The van der Waals surface area contributed by atoms with Crippen LogP contribution >= 0.6 is 0 Å². The fourth-order valence-corrected chi connectivity index (χ4v) is 4.64. The molecule has 0 aromatic heterocycles. The van der Waals surface area contributed by atoms with E-state index in [1.165, 1.54) is 6.08 Å². The van der Waals surface area contributed by atoms with E-state index in [0.717, 1.165) is 28.7 Å². The summed E-state index contributed by atoms with van der Waals surface area (Å²) in [6, 6.07) is 15.3. The van der Waals surface area contributed by atoms with Gasteiger partial charge in [-0.25, -0.2) is 0 Å². The Morgan fingerprint density at radius 3 is 1.90 bits per heavy atom. The fourth-order valence-electron chi connectivity index (χ4n) is 4.06. The average molecular weight is 439 g/mol. The van der Waals surface area contributed by atoms with E-state index >= 15 is 0 Å². The summed E-state index contributed by atoms with van der Waals surface area (Å²) in [5, 5.41) is 0. The summed E-state index contributed by atoms with van der Waals surface area (Å²) in [6.07, 6.45) is 4.07. The Kier molecular flexibility index (Phi) is 6.32. The zero-order valence-electron chi connectivity index (χ0n) is 17.0. The van der Waals surface area contributed by atoms with Crippen LogP contribution in [0, 0.1) is 19.3 Å². The summed E-state index contributed by atoms with van der Waals surface area (Å²) in [5.74, 6) is -0.0995. The number of aryl methyl sites for hydroxylation is 2. The zero-order chi connectivity index (χ0) is 22.0. The number of allylic oxidation sites excluding steroid dienone is 2. The van der Waals surface area contributed by atoms with Crippen LogP contribution in [0.15, 0.2) is 60.4 Å². The Hall–Kier alpha value is -2.28. The molecule has 0 saturated carbocycles. The van der Waals surface area contributed by atoms with Crippen molar-refractivity contribution in [3.8, 4) is 0 Å². The molecule has 30 heavy (non-hydrogen) atoms. The van der Waals surface area contributed by atoms with Gasteiger partial charge in [0.25, 0.3) is 0 Å².